The predicted molar refractivity (Wildman–Crippen MR) is 86.2 cm³/mol. The van der Waals surface area contributed by atoms with Crippen LogP contribution in [0.1, 0.15) is 13.3 Å². The van der Waals surface area contributed by atoms with E-state index in [1.807, 2.05) is 37.3 Å². The van der Waals surface area contributed by atoms with Crippen LogP contribution in [0.2, 0.25) is 10.0 Å². The van der Waals surface area contributed by atoms with E-state index in [9.17, 15) is 4.79 Å². The maximum atomic E-state index is 12.2. The number of anilines is 1. The number of para-hydroxylation sites is 1. The molecule has 1 unspecified atom stereocenters. The molecule has 110 valence electrons. The Hall–Kier alpha value is -1.71. The molecule has 1 atom stereocenters. The number of hydrogen-bond acceptors (Lipinski definition) is 2. The third-order valence-corrected chi connectivity index (χ3v) is 3.25. The molecule has 0 spiro atoms. The maximum Gasteiger partial charge on any atom is 0.265 e. The number of nitrogens with one attached hydrogen (secondary N) is 1. The minimum atomic E-state index is -0.579. The first kappa shape index (κ1) is 15.7. The van der Waals surface area contributed by atoms with Crippen molar-refractivity contribution in [2.45, 2.75) is 19.4 Å². The molecule has 3 nitrogen and oxygen atoms in total. The summed E-state index contributed by atoms with van der Waals surface area (Å²) in [4.78, 5) is 12.2. The zero-order valence-electron chi connectivity index (χ0n) is 11.5. The van der Waals surface area contributed by atoms with E-state index in [0.29, 0.717) is 27.9 Å². The van der Waals surface area contributed by atoms with Gasteiger partial charge in [-0.1, -0.05) is 48.3 Å². The summed E-state index contributed by atoms with van der Waals surface area (Å²) in [5.41, 5.74) is 0.549. The molecule has 2 rings (SSSR count). The van der Waals surface area contributed by atoms with E-state index in [-0.39, 0.29) is 5.91 Å². The highest BCUT2D eigenvalue weighted by Gasteiger charge is 2.18. The Labute approximate surface area is 133 Å². The molecule has 0 saturated carbocycles. The third kappa shape index (κ3) is 4.66. The summed E-state index contributed by atoms with van der Waals surface area (Å²) in [7, 11) is 0. The number of halogens is 2. The molecule has 2 aromatic rings. The van der Waals surface area contributed by atoms with Crippen molar-refractivity contribution >= 4 is 34.8 Å². The number of carbonyl (C=O) groups excluding carboxylic acids is 1. The Kier molecular flexibility index (Phi) is 5.48. The van der Waals surface area contributed by atoms with E-state index < -0.39 is 6.10 Å². The van der Waals surface area contributed by atoms with Crippen LogP contribution in [0.15, 0.2) is 48.5 Å². The summed E-state index contributed by atoms with van der Waals surface area (Å²) in [5.74, 6) is 0.420. The van der Waals surface area contributed by atoms with Crippen LogP contribution in [0.4, 0.5) is 5.69 Å². The molecule has 0 radical (unpaired) electrons. The minimum Gasteiger partial charge on any atom is -0.481 e. The van der Waals surface area contributed by atoms with Crippen LogP contribution in [0.3, 0.4) is 0 Å². The van der Waals surface area contributed by atoms with Crippen molar-refractivity contribution in [3.63, 3.8) is 0 Å². The molecule has 0 fully saturated rings. The summed E-state index contributed by atoms with van der Waals surface area (Å²) in [6.45, 7) is 1.89. The number of rotatable bonds is 5. The second-order valence-corrected chi connectivity index (χ2v) is 5.35. The normalized spacial score (nSPS) is 11.8. The Morgan fingerprint density at radius 3 is 2.33 bits per heavy atom. The number of amides is 1. The molecule has 0 heterocycles. The van der Waals surface area contributed by atoms with Gasteiger partial charge in [0.1, 0.15) is 5.75 Å². The molecule has 1 N–H and O–H groups in total. The maximum absolute atomic E-state index is 12.2. The second-order valence-electron chi connectivity index (χ2n) is 4.48. The Balaban J connectivity index is 2.06. The van der Waals surface area contributed by atoms with E-state index in [0.717, 1.165) is 0 Å². The van der Waals surface area contributed by atoms with Gasteiger partial charge in [-0.2, -0.15) is 0 Å². The Morgan fingerprint density at radius 2 is 1.76 bits per heavy atom. The summed E-state index contributed by atoms with van der Waals surface area (Å²) in [6, 6.07) is 14.1. The highest BCUT2D eigenvalue weighted by Crippen LogP contribution is 2.23. The van der Waals surface area contributed by atoms with Gasteiger partial charge in [-0.05, 0) is 36.8 Å². The number of carbonyl (C=O) groups is 1. The average molecular weight is 324 g/mol. The fraction of sp³-hybridized carbons (Fsp3) is 0.188. The van der Waals surface area contributed by atoms with Gasteiger partial charge >= 0.3 is 0 Å². The lowest BCUT2D eigenvalue weighted by Crippen LogP contribution is -2.32. The third-order valence-electron chi connectivity index (χ3n) is 2.81. The molecule has 2 aromatic carbocycles. The van der Waals surface area contributed by atoms with Gasteiger partial charge in [0, 0.05) is 15.7 Å². The first-order valence-electron chi connectivity index (χ1n) is 6.57. The van der Waals surface area contributed by atoms with Crippen molar-refractivity contribution in [2.75, 3.05) is 5.32 Å². The lowest BCUT2D eigenvalue weighted by Gasteiger charge is -2.17. The van der Waals surface area contributed by atoms with Crippen molar-refractivity contribution in [3.05, 3.63) is 58.6 Å². The van der Waals surface area contributed by atoms with Gasteiger partial charge in [0.15, 0.2) is 6.10 Å². The molecule has 0 aliphatic carbocycles. The molecule has 0 saturated heterocycles. The lowest BCUT2D eigenvalue weighted by atomic mass is 10.2. The quantitative estimate of drug-likeness (QED) is 0.859. The molecule has 1 amide bonds. The van der Waals surface area contributed by atoms with Crippen LogP contribution in [0.25, 0.3) is 0 Å². The fourth-order valence-corrected chi connectivity index (χ4v) is 2.36. The van der Waals surface area contributed by atoms with Gasteiger partial charge < -0.3 is 10.1 Å². The molecule has 5 heteroatoms. The molecule has 0 aliphatic rings. The van der Waals surface area contributed by atoms with Crippen molar-refractivity contribution in [3.8, 4) is 5.75 Å². The van der Waals surface area contributed by atoms with Crippen LogP contribution < -0.4 is 10.1 Å². The number of benzene rings is 2. The monoisotopic (exact) mass is 323 g/mol. The van der Waals surface area contributed by atoms with Crippen LogP contribution in [0.5, 0.6) is 5.75 Å². The van der Waals surface area contributed by atoms with Gasteiger partial charge in [-0.15, -0.1) is 0 Å². The van der Waals surface area contributed by atoms with Crippen molar-refractivity contribution in [1.82, 2.24) is 0 Å². The highest BCUT2D eigenvalue weighted by atomic mass is 35.5. The standard InChI is InChI=1S/C16H15Cl2NO2/c1-2-15(21-14-6-4-3-5-7-14)16(20)19-13-9-11(17)8-12(18)10-13/h3-10,15H,2H2,1H3,(H,19,20). The second kappa shape index (κ2) is 7.34. The first-order chi connectivity index (χ1) is 10.1. The van der Waals surface area contributed by atoms with Gasteiger partial charge in [0.2, 0.25) is 0 Å². The fourth-order valence-electron chi connectivity index (χ4n) is 1.83. The van der Waals surface area contributed by atoms with Crippen molar-refractivity contribution in [1.29, 1.82) is 0 Å². The van der Waals surface area contributed by atoms with Gasteiger partial charge in [0.25, 0.3) is 5.91 Å². The van der Waals surface area contributed by atoms with Crippen LogP contribution in [-0.2, 0) is 4.79 Å². The number of ether oxygens (including phenoxy) is 1. The van der Waals surface area contributed by atoms with Crippen LogP contribution in [-0.4, -0.2) is 12.0 Å². The van der Waals surface area contributed by atoms with Gasteiger partial charge in [0.05, 0.1) is 0 Å². The van der Waals surface area contributed by atoms with E-state index in [4.69, 9.17) is 27.9 Å². The Bertz CT molecular complexity index is 597. The van der Waals surface area contributed by atoms with Crippen LogP contribution >= 0.6 is 23.2 Å². The van der Waals surface area contributed by atoms with Gasteiger partial charge in [-0.3, -0.25) is 4.79 Å². The zero-order valence-corrected chi connectivity index (χ0v) is 13.0. The number of hydrogen-bond donors (Lipinski definition) is 1. The summed E-state index contributed by atoms with van der Waals surface area (Å²) >= 11 is 11.8. The Morgan fingerprint density at radius 1 is 1.14 bits per heavy atom. The molecular formula is C16H15Cl2NO2. The lowest BCUT2D eigenvalue weighted by molar-refractivity contribution is -0.122. The van der Waals surface area contributed by atoms with Crippen molar-refractivity contribution < 1.29 is 9.53 Å². The van der Waals surface area contributed by atoms with E-state index in [2.05, 4.69) is 5.32 Å². The summed E-state index contributed by atoms with van der Waals surface area (Å²) < 4.78 is 5.68. The largest absolute Gasteiger partial charge is 0.481 e. The highest BCUT2D eigenvalue weighted by molar-refractivity contribution is 6.35. The molecule has 0 bridgehead atoms. The van der Waals surface area contributed by atoms with E-state index in [1.165, 1.54) is 0 Å². The molecular weight excluding hydrogens is 309 g/mol. The minimum absolute atomic E-state index is 0.236. The SMILES string of the molecule is CCC(Oc1ccccc1)C(=O)Nc1cc(Cl)cc(Cl)c1. The smallest absolute Gasteiger partial charge is 0.265 e. The first-order valence-corrected chi connectivity index (χ1v) is 7.32. The van der Waals surface area contributed by atoms with Gasteiger partial charge in [-0.25, -0.2) is 0 Å². The molecule has 21 heavy (non-hydrogen) atoms. The molecule has 0 aromatic heterocycles. The van der Waals surface area contributed by atoms with Crippen LogP contribution in [0, 0.1) is 0 Å². The molecule has 0 aliphatic heterocycles. The zero-order chi connectivity index (χ0) is 15.2. The average Bonchev–Trinajstić information content (AvgIpc) is 2.44. The summed E-state index contributed by atoms with van der Waals surface area (Å²) in [6.07, 6.45) is -0.0279. The van der Waals surface area contributed by atoms with E-state index >= 15 is 0 Å². The predicted octanol–water partition coefficient (Wildman–Crippen LogP) is 4.79. The topological polar surface area (TPSA) is 38.3 Å². The summed E-state index contributed by atoms with van der Waals surface area (Å²) in [5, 5.41) is 3.70. The van der Waals surface area contributed by atoms with E-state index in [1.54, 1.807) is 18.2 Å². The van der Waals surface area contributed by atoms with Crippen molar-refractivity contribution in [2.24, 2.45) is 0 Å².